The van der Waals surface area contributed by atoms with E-state index in [1.807, 2.05) is 0 Å². The molecule has 2 N–H and O–H groups in total. The zero-order valence-corrected chi connectivity index (χ0v) is 13.6. The molecule has 2 heterocycles. The topological polar surface area (TPSA) is 54.1 Å². The van der Waals surface area contributed by atoms with E-state index in [0.29, 0.717) is 0 Å². The number of anilines is 2. The lowest BCUT2D eigenvalue weighted by Crippen LogP contribution is -2.49. The lowest BCUT2D eigenvalue weighted by atomic mass is 9.81. The molecule has 1 unspecified atom stereocenters. The molecule has 0 radical (unpaired) electrons. The van der Waals surface area contributed by atoms with Crippen molar-refractivity contribution in [1.82, 2.24) is 4.98 Å². The highest BCUT2D eigenvalue weighted by Gasteiger charge is 2.62. The molecule has 1 aliphatic heterocycles. The van der Waals surface area contributed by atoms with Gasteiger partial charge in [0.15, 0.2) is 0 Å². The van der Waals surface area contributed by atoms with Crippen molar-refractivity contribution in [2.75, 3.05) is 11.9 Å². The van der Waals surface area contributed by atoms with Crippen LogP contribution in [0.1, 0.15) is 30.4 Å². The summed E-state index contributed by atoms with van der Waals surface area (Å²) in [5, 5.41) is 2.75. The summed E-state index contributed by atoms with van der Waals surface area (Å²) in [5.41, 5.74) is -3.96. The molecule has 0 amide bonds. The van der Waals surface area contributed by atoms with Crippen LogP contribution < -0.4 is 10.9 Å². The molecule has 1 aliphatic carbocycles. The smallest absolute Gasteiger partial charge is 0.356 e. The highest BCUT2D eigenvalue weighted by Crippen LogP contribution is 2.54. The Kier molecular flexibility index (Phi) is 3.83. The maximum atomic E-state index is 14.4. The number of alkyl halides is 3. The van der Waals surface area contributed by atoms with E-state index in [2.05, 4.69) is 10.3 Å². The molecule has 0 saturated heterocycles. The molecule has 4 nitrogen and oxygen atoms in total. The van der Waals surface area contributed by atoms with Gasteiger partial charge in [-0.15, -0.1) is 0 Å². The average Bonchev–Trinajstić information content (AvgIpc) is 2.51. The van der Waals surface area contributed by atoms with E-state index in [0.717, 1.165) is 43.5 Å². The minimum Gasteiger partial charge on any atom is -0.356 e. The Hall–Kier alpha value is -2.35. The highest BCUT2D eigenvalue weighted by atomic mass is 19.4. The molecule has 1 saturated carbocycles. The predicted octanol–water partition coefficient (Wildman–Crippen LogP) is 4.19. The number of hydrogen-bond acceptors (Lipinski definition) is 3. The number of halogens is 4. The number of aromatic nitrogens is 1. The third kappa shape index (κ3) is 2.51. The maximum Gasteiger partial charge on any atom is 0.426 e. The molecule has 1 aromatic carbocycles. The van der Waals surface area contributed by atoms with Gasteiger partial charge in [0.05, 0.1) is 6.61 Å². The molecule has 138 valence electrons. The minimum absolute atomic E-state index is 0.0479. The lowest BCUT2D eigenvalue weighted by molar-refractivity contribution is -0.271. The van der Waals surface area contributed by atoms with E-state index in [-0.39, 0.29) is 35.2 Å². The van der Waals surface area contributed by atoms with Crippen molar-refractivity contribution in [1.29, 1.82) is 0 Å². The number of nitrogens with one attached hydrogen (secondary N) is 2. The summed E-state index contributed by atoms with van der Waals surface area (Å²) in [6.45, 7) is -0.0893. The monoisotopic (exact) mass is 368 g/mol. The van der Waals surface area contributed by atoms with Crippen molar-refractivity contribution < 1.29 is 22.3 Å². The van der Waals surface area contributed by atoms with Crippen LogP contribution in [0.15, 0.2) is 35.1 Å². The van der Waals surface area contributed by atoms with Gasteiger partial charge in [0.2, 0.25) is 11.2 Å². The summed E-state index contributed by atoms with van der Waals surface area (Å²) in [7, 11) is 0. The van der Waals surface area contributed by atoms with Crippen LogP contribution in [-0.2, 0) is 10.3 Å². The number of fused-ring (bicyclic) bond motifs is 2. The van der Waals surface area contributed by atoms with Gasteiger partial charge in [-0.3, -0.25) is 4.79 Å². The van der Waals surface area contributed by atoms with Crippen LogP contribution >= 0.6 is 0 Å². The van der Waals surface area contributed by atoms with Gasteiger partial charge in [-0.2, -0.15) is 13.2 Å². The molecule has 2 aromatic rings. The first-order valence-electron chi connectivity index (χ1n) is 8.33. The molecular weight excluding hydrogens is 352 g/mol. The molecule has 0 bridgehead atoms. The fraction of sp³-hybridized carbons (Fsp3) is 0.389. The third-order valence-electron chi connectivity index (χ3n) is 5.08. The van der Waals surface area contributed by atoms with Gasteiger partial charge in [0.25, 0.3) is 0 Å². The van der Waals surface area contributed by atoms with E-state index < -0.39 is 23.2 Å². The van der Waals surface area contributed by atoms with Gasteiger partial charge in [0, 0.05) is 22.9 Å². The Labute approximate surface area is 146 Å². The van der Waals surface area contributed by atoms with Crippen LogP contribution in [0.25, 0.3) is 0 Å². The third-order valence-corrected chi connectivity index (χ3v) is 5.08. The zero-order valence-electron chi connectivity index (χ0n) is 13.6. The van der Waals surface area contributed by atoms with Crippen molar-refractivity contribution in [3.8, 4) is 0 Å². The fourth-order valence-corrected chi connectivity index (χ4v) is 3.51. The second-order valence-corrected chi connectivity index (χ2v) is 6.71. The number of aromatic amines is 1. The Morgan fingerprint density at radius 3 is 2.58 bits per heavy atom. The van der Waals surface area contributed by atoms with Crippen LogP contribution in [0.5, 0.6) is 0 Å². The van der Waals surface area contributed by atoms with Crippen molar-refractivity contribution in [2.24, 2.45) is 5.92 Å². The molecule has 0 spiro atoms. The summed E-state index contributed by atoms with van der Waals surface area (Å²) in [6, 6.07) is 5.21. The summed E-state index contributed by atoms with van der Waals surface area (Å²) in [5.74, 6) is -0.839. The Morgan fingerprint density at radius 2 is 1.92 bits per heavy atom. The minimum atomic E-state index is -4.85. The standard InChI is InChI=1S/C18H16F4N2O2/c19-11-4-6-14-13(8-11)17(18(20,21)22,26-9-10-2-1-3-10)12-5-7-15(25)24-16(12)23-14/h4-8,10H,1-3,9H2,(H2,23,24,25). The number of H-pyrrole nitrogens is 1. The van der Waals surface area contributed by atoms with Crippen molar-refractivity contribution in [3.63, 3.8) is 0 Å². The summed E-state index contributed by atoms with van der Waals surface area (Å²) < 4.78 is 62.5. The normalized spacial score (nSPS) is 22.2. The van der Waals surface area contributed by atoms with E-state index >= 15 is 0 Å². The Balaban J connectivity index is 1.95. The van der Waals surface area contributed by atoms with E-state index in [9.17, 15) is 22.4 Å². The highest BCUT2D eigenvalue weighted by molar-refractivity contribution is 5.73. The first-order valence-corrected chi connectivity index (χ1v) is 8.33. The van der Waals surface area contributed by atoms with Gasteiger partial charge >= 0.3 is 6.18 Å². The first-order chi connectivity index (χ1) is 12.3. The SMILES string of the molecule is O=c1ccc2c([nH]1)Nc1ccc(F)cc1C2(OCC1CCC1)C(F)(F)F. The number of rotatable bonds is 3. The largest absolute Gasteiger partial charge is 0.426 e. The van der Waals surface area contributed by atoms with Crippen LogP contribution in [-0.4, -0.2) is 17.8 Å². The Bertz CT molecular complexity index is 905. The van der Waals surface area contributed by atoms with Crippen molar-refractivity contribution in [2.45, 2.75) is 31.0 Å². The summed E-state index contributed by atoms with van der Waals surface area (Å²) >= 11 is 0. The molecule has 1 aromatic heterocycles. The first kappa shape index (κ1) is 17.1. The predicted molar refractivity (Wildman–Crippen MR) is 86.9 cm³/mol. The molecule has 1 atom stereocenters. The van der Waals surface area contributed by atoms with E-state index in [1.165, 1.54) is 6.07 Å². The van der Waals surface area contributed by atoms with Crippen LogP contribution in [0, 0.1) is 11.7 Å². The van der Waals surface area contributed by atoms with Gasteiger partial charge in [0.1, 0.15) is 11.6 Å². The number of ether oxygens (including phenoxy) is 1. The number of pyridine rings is 1. The van der Waals surface area contributed by atoms with Crippen LogP contribution in [0.4, 0.5) is 29.1 Å². The second kappa shape index (κ2) is 5.84. The van der Waals surface area contributed by atoms with Crippen LogP contribution in [0.2, 0.25) is 0 Å². The van der Waals surface area contributed by atoms with E-state index in [4.69, 9.17) is 4.74 Å². The fourth-order valence-electron chi connectivity index (χ4n) is 3.51. The maximum absolute atomic E-state index is 14.4. The quantitative estimate of drug-likeness (QED) is 0.799. The van der Waals surface area contributed by atoms with Crippen LogP contribution in [0.3, 0.4) is 0 Å². The average molecular weight is 368 g/mol. The van der Waals surface area contributed by atoms with Gasteiger partial charge < -0.3 is 15.0 Å². The zero-order chi connectivity index (χ0) is 18.5. The summed E-state index contributed by atoms with van der Waals surface area (Å²) in [4.78, 5) is 14.0. The molecule has 26 heavy (non-hydrogen) atoms. The van der Waals surface area contributed by atoms with Gasteiger partial charge in [-0.25, -0.2) is 4.39 Å². The van der Waals surface area contributed by atoms with Gasteiger partial charge in [-0.1, -0.05) is 6.42 Å². The summed E-state index contributed by atoms with van der Waals surface area (Å²) in [6.07, 6.45) is -2.28. The number of benzene rings is 1. The lowest BCUT2D eigenvalue weighted by Gasteiger charge is -2.42. The van der Waals surface area contributed by atoms with Gasteiger partial charge in [-0.05, 0) is 43.0 Å². The van der Waals surface area contributed by atoms with Crippen molar-refractivity contribution >= 4 is 11.5 Å². The Morgan fingerprint density at radius 1 is 1.15 bits per heavy atom. The van der Waals surface area contributed by atoms with Crippen molar-refractivity contribution in [3.05, 3.63) is 57.6 Å². The molecular formula is C18H16F4N2O2. The molecule has 8 heteroatoms. The molecule has 2 aliphatic rings. The molecule has 1 fully saturated rings. The number of hydrogen-bond donors (Lipinski definition) is 2. The molecule has 4 rings (SSSR count). The second-order valence-electron chi connectivity index (χ2n) is 6.71. The van der Waals surface area contributed by atoms with E-state index in [1.54, 1.807) is 0 Å².